The molecule has 0 atom stereocenters. The quantitative estimate of drug-likeness (QED) is 0.629. The molecule has 0 aliphatic heterocycles. The van der Waals surface area contributed by atoms with Crippen LogP contribution in [0.4, 0.5) is 0 Å². The Balaban J connectivity index is 3.02. The predicted molar refractivity (Wildman–Crippen MR) is 49.6 cm³/mol. The van der Waals surface area contributed by atoms with E-state index in [-0.39, 0.29) is 5.41 Å². The van der Waals surface area contributed by atoms with Crippen LogP contribution >= 0.6 is 11.3 Å². The van der Waals surface area contributed by atoms with E-state index in [1.54, 1.807) is 18.4 Å². The number of ether oxygens (including phenoxy) is 1. The molecule has 0 saturated carbocycles. The van der Waals surface area contributed by atoms with Crippen LogP contribution in [0.25, 0.3) is 0 Å². The van der Waals surface area contributed by atoms with Gasteiger partial charge in [-0.2, -0.15) is 0 Å². The Morgan fingerprint density at radius 1 is 1.36 bits per heavy atom. The van der Waals surface area contributed by atoms with Gasteiger partial charge in [-0.1, -0.05) is 20.8 Å². The third-order valence-corrected chi connectivity index (χ3v) is 2.50. The maximum Gasteiger partial charge on any atom is 0.177 e. The predicted octanol–water partition coefficient (Wildman–Crippen LogP) is 3.05. The van der Waals surface area contributed by atoms with E-state index in [9.17, 15) is 0 Å². The first-order chi connectivity index (χ1) is 5.05. The Hall–Kier alpha value is -0.500. The lowest BCUT2D eigenvalue weighted by molar-refractivity contribution is 0.410. The Morgan fingerprint density at radius 2 is 2.00 bits per heavy atom. The first-order valence-corrected chi connectivity index (χ1v) is 4.55. The van der Waals surface area contributed by atoms with Gasteiger partial charge in [0.15, 0.2) is 5.06 Å². The molecule has 1 heterocycles. The van der Waals surface area contributed by atoms with Crippen LogP contribution in [-0.4, -0.2) is 7.11 Å². The van der Waals surface area contributed by atoms with Gasteiger partial charge in [0.2, 0.25) is 0 Å². The molecule has 0 saturated heterocycles. The topological polar surface area (TPSA) is 9.23 Å². The lowest BCUT2D eigenvalue weighted by Gasteiger charge is -2.18. The van der Waals surface area contributed by atoms with E-state index in [2.05, 4.69) is 32.2 Å². The third-order valence-electron chi connectivity index (χ3n) is 1.62. The summed E-state index contributed by atoms with van der Waals surface area (Å²) in [6.07, 6.45) is 0. The minimum atomic E-state index is 0.200. The Labute approximate surface area is 72.0 Å². The second-order valence-electron chi connectivity index (χ2n) is 3.58. The zero-order valence-electron chi connectivity index (χ0n) is 7.47. The highest BCUT2D eigenvalue weighted by atomic mass is 32.1. The minimum absolute atomic E-state index is 0.200. The van der Waals surface area contributed by atoms with Crippen molar-refractivity contribution < 1.29 is 4.74 Å². The second kappa shape index (κ2) is 2.86. The van der Waals surface area contributed by atoms with Crippen LogP contribution < -0.4 is 4.74 Å². The number of rotatable bonds is 1. The first-order valence-electron chi connectivity index (χ1n) is 3.67. The Bertz CT molecular complexity index is 232. The molecule has 0 bridgehead atoms. The highest BCUT2D eigenvalue weighted by Crippen LogP contribution is 2.35. The fraction of sp³-hybridized carbons (Fsp3) is 0.556. The van der Waals surface area contributed by atoms with E-state index in [0.29, 0.717) is 0 Å². The van der Waals surface area contributed by atoms with Crippen LogP contribution in [0.2, 0.25) is 0 Å². The maximum absolute atomic E-state index is 5.23. The molecule has 0 aliphatic rings. The monoisotopic (exact) mass is 170 g/mol. The van der Waals surface area contributed by atoms with Gasteiger partial charge in [0.25, 0.3) is 0 Å². The van der Waals surface area contributed by atoms with Crippen molar-refractivity contribution in [3.8, 4) is 5.06 Å². The summed E-state index contributed by atoms with van der Waals surface area (Å²) in [7, 11) is 1.72. The van der Waals surface area contributed by atoms with Crippen LogP contribution in [-0.2, 0) is 5.41 Å². The summed E-state index contributed by atoms with van der Waals surface area (Å²) in [6, 6.07) is 2.13. The molecule has 62 valence electrons. The number of hydrogen-bond acceptors (Lipinski definition) is 2. The zero-order valence-corrected chi connectivity index (χ0v) is 8.29. The summed E-state index contributed by atoms with van der Waals surface area (Å²) >= 11 is 1.65. The zero-order chi connectivity index (χ0) is 8.48. The van der Waals surface area contributed by atoms with Gasteiger partial charge in [-0.15, -0.1) is 11.3 Å². The van der Waals surface area contributed by atoms with Gasteiger partial charge in [0, 0.05) is 5.56 Å². The molecule has 0 unspecified atom stereocenters. The summed E-state index contributed by atoms with van der Waals surface area (Å²) in [5, 5.41) is 3.11. The van der Waals surface area contributed by atoms with Crippen molar-refractivity contribution in [1.29, 1.82) is 0 Å². The lowest BCUT2D eigenvalue weighted by atomic mass is 9.89. The van der Waals surface area contributed by atoms with Gasteiger partial charge >= 0.3 is 0 Å². The molecule has 2 heteroatoms. The van der Waals surface area contributed by atoms with Crippen LogP contribution in [0, 0.1) is 0 Å². The highest BCUT2D eigenvalue weighted by molar-refractivity contribution is 7.12. The van der Waals surface area contributed by atoms with E-state index in [0.717, 1.165) is 5.06 Å². The summed E-state index contributed by atoms with van der Waals surface area (Å²) in [6.45, 7) is 6.58. The van der Waals surface area contributed by atoms with Crippen molar-refractivity contribution in [3.05, 3.63) is 17.0 Å². The molecule has 0 N–H and O–H groups in total. The summed E-state index contributed by atoms with van der Waals surface area (Å²) in [5.74, 6) is 0. The Kier molecular flexibility index (Phi) is 2.23. The van der Waals surface area contributed by atoms with Gasteiger partial charge in [0.05, 0.1) is 7.11 Å². The van der Waals surface area contributed by atoms with Gasteiger partial charge in [0.1, 0.15) is 0 Å². The molecule has 1 rings (SSSR count). The fourth-order valence-corrected chi connectivity index (χ4v) is 1.93. The normalized spacial score (nSPS) is 11.6. The standard InChI is InChI=1S/C9H14OS/c1-9(2,3)7-5-6-11-8(7)10-4/h5-6H,1-4H3. The molecule has 0 aromatic carbocycles. The summed E-state index contributed by atoms with van der Waals surface area (Å²) in [4.78, 5) is 0. The van der Waals surface area contributed by atoms with Crippen molar-refractivity contribution in [2.24, 2.45) is 0 Å². The van der Waals surface area contributed by atoms with Crippen LogP contribution in [0.15, 0.2) is 11.4 Å². The molecule has 0 amide bonds. The van der Waals surface area contributed by atoms with E-state index in [1.807, 2.05) is 0 Å². The van der Waals surface area contributed by atoms with Crippen LogP contribution in [0.1, 0.15) is 26.3 Å². The molecule has 0 spiro atoms. The molecule has 1 aromatic heterocycles. The summed E-state index contributed by atoms with van der Waals surface area (Å²) in [5.41, 5.74) is 1.50. The van der Waals surface area contributed by atoms with Crippen molar-refractivity contribution in [2.45, 2.75) is 26.2 Å². The molecule has 1 nitrogen and oxygen atoms in total. The van der Waals surface area contributed by atoms with Gasteiger partial charge < -0.3 is 4.74 Å². The molecule has 11 heavy (non-hydrogen) atoms. The largest absolute Gasteiger partial charge is 0.487 e. The van der Waals surface area contributed by atoms with E-state index < -0.39 is 0 Å². The molecule has 1 aromatic rings. The molecule has 0 radical (unpaired) electrons. The number of methoxy groups -OCH3 is 1. The highest BCUT2D eigenvalue weighted by Gasteiger charge is 2.19. The molecule has 0 fully saturated rings. The van der Waals surface area contributed by atoms with Crippen molar-refractivity contribution in [3.63, 3.8) is 0 Å². The molecular weight excluding hydrogens is 156 g/mol. The minimum Gasteiger partial charge on any atom is -0.487 e. The van der Waals surface area contributed by atoms with E-state index in [4.69, 9.17) is 4.74 Å². The van der Waals surface area contributed by atoms with Crippen molar-refractivity contribution >= 4 is 11.3 Å². The second-order valence-corrected chi connectivity index (χ2v) is 4.45. The van der Waals surface area contributed by atoms with E-state index >= 15 is 0 Å². The lowest BCUT2D eigenvalue weighted by Crippen LogP contribution is -2.10. The Morgan fingerprint density at radius 3 is 2.36 bits per heavy atom. The smallest absolute Gasteiger partial charge is 0.177 e. The van der Waals surface area contributed by atoms with E-state index in [1.165, 1.54) is 5.56 Å². The molecular formula is C9H14OS. The van der Waals surface area contributed by atoms with Gasteiger partial charge in [-0.3, -0.25) is 0 Å². The van der Waals surface area contributed by atoms with Gasteiger partial charge in [-0.25, -0.2) is 0 Å². The summed E-state index contributed by atoms with van der Waals surface area (Å²) < 4.78 is 5.23. The average Bonchev–Trinajstić information content (AvgIpc) is 2.31. The maximum atomic E-state index is 5.23. The average molecular weight is 170 g/mol. The van der Waals surface area contributed by atoms with Crippen LogP contribution in [0.5, 0.6) is 5.06 Å². The fourth-order valence-electron chi connectivity index (χ4n) is 1.01. The van der Waals surface area contributed by atoms with Crippen LogP contribution in [0.3, 0.4) is 0 Å². The van der Waals surface area contributed by atoms with Crippen molar-refractivity contribution in [1.82, 2.24) is 0 Å². The number of thiophene rings is 1. The third kappa shape index (κ3) is 1.74. The number of hydrogen-bond donors (Lipinski definition) is 0. The van der Waals surface area contributed by atoms with Gasteiger partial charge in [-0.05, 0) is 16.9 Å². The molecule has 0 aliphatic carbocycles. The first kappa shape index (κ1) is 8.60. The van der Waals surface area contributed by atoms with Crippen molar-refractivity contribution in [2.75, 3.05) is 7.11 Å². The SMILES string of the molecule is COc1sccc1C(C)(C)C.